The number of methoxy groups -OCH3 is 1. The fraction of sp³-hybridized carbons (Fsp3) is 0.389. The molecule has 0 bridgehead atoms. The molecule has 5 rings (SSSR count). The van der Waals surface area contributed by atoms with Crippen molar-refractivity contribution in [2.24, 2.45) is 5.41 Å². The summed E-state index contributed by atoms with van der Waals surface area (Å²) in [7, 11) is 1.32. The molecule has 2 aliphatic rings. The number of benzene rings is 3. The van der Waals surface area contributed by atoms with E-state index in [1.165, 1.54) is 12.0 Å². The molecule has 11 heteroatoms. The minimum atomic E-state index is -5.02. The van der Waals surface area contributed by atoms with Crippen LogP contribution >= 0.6 is 0 Å². The minimum absolute atomic E-state index is 0.0625. The summed E-state index contributed by atoms with van der Waals surface area (Å²) < 4.78 is 91.7. The zero-order valence-corrected chi connectivity index (χ0v) is 26.6. The number of hydrogen-bond acceptors (Lipinski definition) is 4. The monoisotopic (exact) mass is 659 g/mol. The highest BCUT2D eigenvalue weighted by molar-refractivity contribution is 5.90. The fourth-order valence-electron chi connectivity index (χ4n) is 6.53. The summed E-state index contributed by atoms with van der Waals surface area (Å²) in [5, 5.41) is 0. The first-order valence-electron chi connectivity index (χ1n) is 15.2. The fourth-order valence-corrected chi connectivity index (χ4v) is 6.53. The molecular weight excluding hydrogens is 624 g/mol. The highest BCUT2D eigenvalue weighted by Gasteiger charge is 2.44. The molecule has 250 valence electrons. The number of cyclic esters (lactones) is 1. The summed E-state index contributed by atoms with van der Waals surface area (Å²) in [6.07, 6.45) is -9.98. The predicted octanol–water partition coefficient (Wildman–Crippen LogP) is 10.0. The Labute approximate surface area is 269 Å². The van der Waals surface area contributed by atoms with E-state index in [2.05, 4.69) is 13.8 Å². The zero-order chi connectivity index (χ0) is 34.5. The molecule has 1 saturated heterocycles. The van der Waals surface area contributed by atoms with E-state index in [9.17, 15) is 35.9 Å². The van der Waals surface area contributed by atoms with Crippen LogP contribution in [0.2, 0.25) is 0 Å². The third kappa shape index (κ3) is 7.18. The van der Waals surface area contributed by atoms with E-state index in [4.69, 9.17) is 9.47 Å². The van der Waals surface area contributed by atoms with Gasteiger partial charge in [-0.2, -0.15) is 26.3 Å². The molecule has 0 spiro atoms. The lowest BCUT2D eigenvalue weighted by atomic mass is 9.72. The number of ether oxygens (including phenoxy) is 2. The number of esters is 1. The predicted molar refractivity (Wildman–Crippen MR) is 164 cm³/mol. The van der Waals surface area contributed by atoms with Gasteiger partial charge in [0.25, 0.3) is 0 Å². The maximum absolute atomic E-state index is 13.6. The van der Waals surface area contributed by atoms with E-state index < -0.39 is 47.7 Å². The van der Waals surface area contributed by atoms with E-state index in [0.29, 0.717) is 30.5 Å². The normalized spacial score (nSPS) is 20.0. The van der Waals surface area contributed by atoms with Gasteiger partial charge in [0.1, 0.15) is 6.10 Å². The first kappa shape index (κ1) is 34.1. The molecule has 5 nitrogen and oxygen atoms in total. The molecule has 0 saturated carbocycles. The van der Waals surface area contributed by atoms with E-state index >= 15 is 0 Å². The molecule has 47 heavy (non-hydrogen) atoms. The average molecular weight is 660 g/mol. The van der Waals surface area contributed by atoms with Gasteiger partial charge in [0, 0.05) is 6.54 Å². The van der Waals surface area contributed by atoms with Crippen LogP contribution in [0.1, 0.15) is 84.3 Å². The van der Waals surface area contributed by atoms with Crippen LogP contribution in [0, 0.1) is 12.3 Å². The Morgan fingerprint density at radius 1 is 0.957 bits per heavy atom. The molecule has 0 aromatic heterocycles. The van der Waals surface area contributed by atoms with Crippen molar-refractivity contribution in [3.05, 3.63) is 99.6 Å². The second-order valence-electron chi connectivity index (χ2n) is 13.0. The molecule has 0 radical (unpaired) electrons. The van der Waals surface area contributed by atoms with Crippen molar-refractivity contribution in [1.82, 2.24) is 4.90 Å². The summed E-state index contributed by atoms with van der Waals surface area (Å²) in [6.45, 7) is 7.81. The number of allylic oxidation sites excluding steroid dienone is 1. The van der Waals surface area contributed by atoms with Crippen molar-refractivity contribution >= 4 is 17.6 Å². The Hall–Kier alpha value is -4.28. The van der Waals surface area contributed by atoms with Gasteiger partial charge in [-0.3, -0.25) is 4.90 Å². The van der Waals surface area contributed by atoms with E-state index in [-0.39, 0.29) is 23.6 Å². The molecule has 1 aliphatic carbocycles. The first-order chi connectivity index (χ1) is 21.9. The second kappa shape index (κ2) is 12.4. The lowest BCUT2D eigenvalue weighted by molar-refractivity contribution is -0.143. The standard InChI is InChI=1S/C36H35F6NO4/c1-20-13-24(32(44)46-5)9-10-29(20)22-7-6-8-23(14-22)30-11-12-34(3,4)18-26(30)19-43-21(2)31(47-33(43)45)25-15-27(35(37,38)39)17-28(16-25)36(40,41)42/h6-10,13-17,21,31H,11-12,18-19H2,1-5H3/t21-,31-/m0/s1. The summed E-state index contributed by atoms with van der Waals surface area (Å²) >= 11 is 0. The van der Waals surface area contributed by atoms with Crippen LogP contribution in [-0.2, 0) is 21.8 Å². The number of rotatable bonds is 6. The number of aryl methyl sites for hydroxylation is 1. The van der Waals surface area contributed by atoms with Gasteiger partial charge in [0.05, 0.1) is 29.8 Å². The van der Waals surface area contributed by atoms with Crippen LogP contribution in [0.3, 0.4) is 0 Å². The maximum Gasteiger partial charge on any atom is 0.416 e. The molecule has 1 fully saturated rings. The highest BCUT2D eigenvalue weighted by atomic mass is 19.4. The van der Waals surface area contributed by atoms with E-state index in [1.54, 1.807) is 19.1 Å². The zero-order valence-electron chi connectivity index (χ0n) is 26.6. The first-order valence-corrected chi connectivity index (χ1v) is 15.2. The molecule has 0 unspecified atom stereocenters. The Bertz CT molecular complexity index is 1710. The van der Waals surface area contributed by atoms with Crippen LogP contribution in [0.15, 0.2) is 66.2 Å². The van der Waals surface area contributed by atoms with Crippen LogP contribution in [-0.4, -0.2) is 36.7 Å². The molecule has 1 heterocycles. The Kier molecular flexibility index (Phi) is 8.98. The number of alkyl halides is 6. The largest absolute Gasteiger partial charge is 0.465 e. The van der Waals surface area contributed by atoms with Crippen molar-refractivity contribution in [2.75, 3.05) is 13.7 Å². The van der Waals surface area contributed by atoms with Crippen LogP contribution in [0.25, 0.3) is 16.7 Å². The molecule has 0 N–H and O–H groups in total. The van der Waals surface area contributed by atoms with Gasteiger partial charge in [-0.1, -0.05) is 38.1 Å². The van der Waals surface area contributed by atoms with Gasteiger partial charge in [0.2, 0.25) is 0 Å². The Morgan fingerprint density at radius 2 is 1.60 bits per heavy atom. The van der Waals surface area contributed by atoms with E-state index in [1.807, 2.05) is 37.3 Å². The van der Waals surface area contributed by atoms with Crippen LogP contribution in [0.5, 0.6) is 0 Å². The number of carbonyl (C=O) groups excluding carboxylic acids is 2. The SMILES string of the molecule is COC(=O)c1ccc(-c2cccc(C3=C(CN4C(=O)O[C@H](c5cc(C(F)(F)F)cc(C(F)(F)F)c5)[C@@H]4C)CC(C)(C)CC3)c2)c(C)c1. The number of halogens is 6. The molecule has 3 aromatic carbocycles. The smallest absolute Gasteiger partial charge is 0.416 e. The van der Waals surface area contributed by atoms with Gasteiger partial charge < -0.3 is 9.47 Å². The van der Waals surface area contributed by atoms with Gasteiger partial charge in [0.15, 0.2) is 0 Å². The summed E-state index contributed by atoms with van der Waals surface area (Å²) in [6, 6.07) is 13.7. The summed E-state index contributed by atoms with van der Waals surface area (Å²) in [4.78, 5) is 26.6. The summed E-state index contributed by atoms with van der Waals surface area (Å²) in [5.41, 5.74) is 2.69. The number of carbonyl (C=O) groups is 2. The van der Waals surface area contributed by atoms with Gasteiger partial charge in [-0.05, 0) is 114 Å². The topological polar surface area (TPSA) is 55.8 Å². The number of amides is 1. The second-order valence-corrected chi connectivity index (χ2v) is 13.0. The average Bonchev–Trinajstić information content (AvgIpc) is 3.27. The number of nitrogens with zero attached hydrogens (tertiary/aromatic N) is 1. The van der Waals surface area contributed by atoms with Crippen LogP contribution < -0.4 is 0 Å². The van der Waals surface area contributed by atoms with Gasteiger partial charge in [-0.15, -0.1) is 0 Å². The highest BCUT2D eigenvalue weighted by Crippen LogP contribution is 2.45. The minimum Gasteiger partial charge on any atom is -0.465 e. The van der Waals surface area contributed by atoms with Gasteiger partial charge >= 0.3 is 24.4 Å². The third-order valence-electron chi connectivity index (χ3n) is 9.03. The lowest BCUT2D eigenvalue weighted by Gasteiger charge is -2.35. The molecule has 2 atom stereocenters. The maximum atomic E-state index is 13.6. The van der Waals surface area contributed by atoms with Crippen molar-refractivity contribution in [3.8, 4) is 11.1 Å². The Balaban J connectivity index is 1.49. The third-order valence-corrected chi connectivity index (χ3v) is 9.03. The Morgan fingerprint density at radius 3 is 2.19 bits per heavy atom. The molecular formula is C36H35F6NO4. The van der Waals surface area contributed by atoms with Gasteiger partial charge in [-0.25, -0.2) is 9.59 Å². The van der Waals surface area contributed by atoms with Crippen molar-refractivity contribution < 1.29 is 45.4 Å². The quantitative estimate of drug-likeness (QED) is 0.195. The summed E-state index contributed by atoms with van der Waals surface area (Å²) in [5.74, 6) is -0.432. The molecule has 1 amide bonds. The van der Waals surface area contributed by atoms with Crippen molar-refractivity contribution in [3.63, 3.8) is 0 Å². The van der Waals surface area contributed by atoms with Crippen molar-refractivity contribution in [2.45, 2.75) is 71.5 Å². The number of hydrogen-bond donors (Lipinski definition) is 0. The molecule has 3 aromatic rings. The lowest BCUT2D eigenvalue weighted by Crippen LogP contribution is -2.35. The van der Waals surface area contributed by atoms with E-state index in [0.717, 1.165) is 39.8 Å². The van der Waals surface area contributed by atoms with Crippen LogP contribution in [0.4, 0.5) is 31.1 Å². The molecule has 1 aliphatic heterocycles. The van der Waals surface area contributed by atoms with Crippen molar-refractivity contribution in [1.29, 1.82) is 0 Å².